The topological polar surface area (TPSA) is 83.8 Å². The maximum absolute atomic E-state index is 11.4. The summed E-state index contributed by atoms with van der Waals surface area (Å²) in [6, 6.07) is 0. The Labute approximate surface area is 171 Å². The second kappa shape index (κ2) is 20.5. The van der Waals surface area contributed by atoms with Crippen LogP contribution in [0.4, 0.5) is 0 Å². The summed E-state index contributed by atoms with van der Waals surface area (Å²) in [6.45, 7) is 1.16. The Balaban J connectivity index is 3.23. The summed E-state index contributed by atoms with van der Waals surface area (Å²) >= 11 is 0. The van der Waals surface area contributed by atoms with Crippen molar-refractivity contribution in [3.8, 4) is 0 Å². The molecule has 0 rings (SSSR count). The number of ketones is 1. The van der Waals surface area contributed by atoms with Crippen molar-refractivity contribution in [2.75, 3.05) is 13.2 Å². The van der Waals surface area contributed by atoms with E-state index in [1.54, 1.807) is 6.92 Å². The fraction of sp³-hybridized carbons (Fsp3) is 0.826. The minimum Gasteiger partial charge on any atom is -0.463 e. The second-order valence-electron chi connectivity index (χ2n) is 7.66. The minimum atomic E-state index is -0.972. The summed E-state index contributed by atoms with van der Waals surface area (Å²) in [4.78, 5) is 22.2. The highest BCUT2D eigenvalue weighted by atomic mass is 16.5. The fourth-order valence-electron chi connectivity index (χ4n) is 2.95. The van der Waals surface area contributed by atoms with Crippen molar-refractivity contribution in [2.24, 2.45) is 0 Å². The van der Waals surface area contributed by atoms with Gasteiger partial charge in [0, 0.05) is 12.8 Å². The molecular weight excluding hydrogens is 356 g/mol. The molecule has 164 valence electrons. The predicted molar refractivity (Wildman–Crippen MR) is 113 cm³/mol. The van der Waals surface area contributed by atoms with Gasteiger partial charge in [-0.3, -0.25) is 4.79 Å². The largest absolute Gasteiger partial charge is 0.463 e. The molecule has 1 unspecified atom stereocenters. The van der Waals surface area contributed by atoms with Crippen molar-refractivity contribution in [3.63, 3.8) is 0 Å². The molecule has 0 aliphatic rings. The first-order chi connectivity index (χ1) is 13.6. The van der Waals surface area contributed by atoms with Gasteiger partial charge in [0.1, 0.15) is 18.5 Å². The second-order valence-corrected chi connectivity index (χ2v) is 7.66. The quantitative estimate of drug-likeness (QED) is 0.173. The van der Waals surface area contributed by atoms with E-state index in [1.807, 2.05) is 0 Å². The Morgan fingerprint density at radius 3 is 1.75 bits per heavy atom. The molecule has 0 bridgehead atoms. The van der Waals surface area contributed by atoms with Gasteiger partial charge in [0.2, 0.25) is 0 Å². The molecule has 2 N–H and O–H groups in total. The lowest BCUT2D eigenvalue weighted by Crippen LogP contribution is -2.21. The highest BCUT2D eigenvalue weighted by molar-refractivity contribution is 5.75. The van der Waals surface area contributed by atoms with Gasteiger partial charge in [0.15, 0.2) is 0 Å². The number of hydrogen-bond acceptors (Lipinski definition) is 5. The van der Waals surface area contributed by atoms with Gasteiger partial charge in [0.25, 0.3) is 0 Å². The molecule has 0 amide bonds. The summed E-state index contributed by atoms with van der Waals surface area (Å²) in [5.41, 5.74) is 0. The van der Waals surface area contributed by atoms with E-state index in [4.69, 9.17) is 14.9 Å². The Kier molecular flexibility index (Phi) is 19.7. The van der Waals surface area contributed by atoms with E-state index < -0.39 is 6.10 Å². The first kappa shape index (κ1) is 26.8. The van der Waals surface area contributed by atoms with E-state index >= 15 is 0 Å². The molecule has 0 saturated heterocycles. The Bertz CT molecular complexity index is 406. The number of aliphatic hydroxyl groups excluding tert-OH is 2. The van der Waals surface area contributed by atoms with Crippen LogP contribution in [0.15, 0.2) is 12.2 Å². The summed E-state index contributed by atoms with van der Waals surface area (Å²) in [7, 11) is 0. The van der Waals surface area contributed by atoms with Crippen LogP contribution in [0.5, 0.6) is 0 Å². The van der Waals surface area contributed by atoms with Crippen LogP contribution < -0.4 is 0 Å². The number of hydrogen-bond donors (Lipinski definition) is 2. The summed E-state index contributed by atoms with van der Waals surface area (Å²) in [5, 5.41) is 17.7. The number of unbranched alkanes of at least 4 members (excludes halogenated alkanes) is 11. The molecule has 0 fully saturated rings. The van der Waals surface area contributed by atoms with E-state index in [1.165, 1.54) is 51.4 Å². The number of carbonyl (C=O) groups is 2. The number of carbonyl (C=O) groups excluding carboxylic acids is 2. The van der Waals surface area contributed by atoms with Crippen molar-refractivity contribution >= 4 is 11.8 Å². The maximum Gasteiger partial charge on any atom is 0.305 e. The Morgan fingerprint density at radius 2 is 1.25 bits per heavy atom. The smallest absolute Gasteiger partial charge is 0.305 e. The predicted octanol–water partition coefficient (Wildman–Crippen LogP) is 4.88. The van der Waals surface area contributed by atoms with Crippen LogP contribution in [0.3, 0.4) is 0 Å². The lowest BCUT2D eigenvalue weighted by atomic mass is 10.1. The summed E-state index contributed by atoms with van der Waals surface area (Å²) < 4.78 is 4.86. The lowest BCUT2D eigenvalue weighted by molar-refractivity contribution is -0.147. The van der Waals surface area contributed by atoms with Crippen LogP contribution in [-0.2, 0) is 14.3 Å². The third kappa shape index (κ3) is 21.1. The number of rotatable bonds is 20. The van der Waals surface area contributed by atoms with E-state index in [9.17, 15) is 9.59 Å². The monoisotopic (exact) mass is 398 g/mol. The van der Waals surface area contributed by atoms with E-state index in [0.717, 1.165) is 38.5 Å². The molecule has 5 nitrogen and oxygen atoms in total. The van der Waals surface area contributed by atoms with Crippen molar-refractivity contribution in [1.29, 1.82) is 0 Å². The first-order valence-electron chi connectivity index (χ1n) is 11.1. The average Bonchev–Trinajstić information content (AvgIpc) is 2.68. The number of aliphatic hydroxyl groups is 2. The molecule has 0 saturated carbocycles. The number of ether oxygens (including phenoxy) is 1. The maximum atomic E-state index is 11.4. The molecule has 0 radical (unpaired) electrons. The molecule has 0 aromatic rings. The van der Waals surface area contributed by atoms with Gasteiger partial charge in [-0.2, -0.15) is 0 Å². The highest BCUT2D eigenvalue weighted by Crippen LogP contribution is 2.11. The number of allylic oxidation sites excluding steroid dienone is 2. The zero-order chi connectivity index (χ0) is 20.9. The van der Waals surface area contributed by atoms with E-state index in [2.05, 4.69) is 12.2 Å². The molecular formula is C23H42O5. The van der Waals surface area contributed by atoms with Crippen LogP contribution >= 0.6 is 0 Å². The van der Waals surface area contributed by atoms with E-state index in [0.29, 0.717) is 12.2 Å². The normalized spacial score (nSPS) is 12.4. The molecule has 0 aromatic heterocycles. The minimum absolute atomic E-state index is 0.122. The molecule has 5 heteroatoms. The van der Waals surface area contributed by atoms with Gasteiger partial charge in [-0.25, -0.2) is 0 Å². The molecule has 0 aromatic carbocycles. The van der Waals surface area contributed by atoms with Gasteiger partial charge < -0.3 is 19.7 Å². The van der Waals surface area contributed by atoms with Crippen LogP contribution in [0, 0.1) is 0 Å². The van der Waals surface area contributed by atoms with Gasteiger partial charge in [-0.1, -0.05) is 57.1 Å². The van der Waals surface area contributed by atoms with Gasteiger partial charge in [-0.15, -0.1) is 0 Å². The fourth-order valence-corrected chi connectivity index (χ4v) is 2.95. The first-order valence-corrected chi connectivity index (χ1v) is 11.1. The lowest BCUT2D eigenvalue weighted by Gasteiger charge is -2.08. The van der Waals surface area contributed by atoms with Gasteiger partial charge in [-0.05, 0) is 45.4 Å². The van der Waals surface area contributed by atoms with E-state index in [-0.39, 0.29) is 19.2 Å². The van der Waals surface area contributed by atoms with Crippen LogP contribution in [0.25, 0.3) is 0 Å². The molecule has 1 atom stereocenters. The zero-order valence-corrected chi connectivity index (χ0v) is 17.9. The highest BCUT2D eigenvalue weighted by Gasteiger charge is 2.07. The molecule has 0 spiro atoms. The van der Waals surface area contributed by atoms with Gasteiger partial charge >= 0.3 is 5.97 Å². The van der Waals surface area contributed by atoms with Crippen molar-refractivity contribution in [2.45, 2.75) is 109 Å². The Morgan fingerprint density at radius 1 is 0.786 bits per heavy atom. The van der Waals surface area contributed by atoms with Crippen molar-refractivity contribution in [3.05, 3.63) is 12.2 Å². The molecule has 0 aliphatic heterocycles. The van der Waals surface area contributed by atoms with Gasteiger partial charge in [0.05, 0.1) is 6.61 Å². The third-order valence-electron chi connectivity index (χ3n) is 4.72. The van der Waals surface area contributed by atoms with Crippen molar-refractivity contribution < 1.29 is 24.5 Å². The number of Topliss-reactive ketones (excluding diaryl/α,β-unsaturated/α-hetero) is 1. The van der Waals surface area contributed by atoms with Crippen LogP contribution in [0.2, 0.25) is 0 Å². The summed E-state index contributed by atoms with van der Waals surface area (Å²) in [6.07, 6.45) is 19.7. The Hall–Kier alpha value is -1.20. The van der Waals surface area contributed by atoms with Crippen LogP contribution in [-0.4, -0.2) is 41.3 Å². The zero-order valence-electron chi connectivity index (χ0n) is 17.9. The summed E-state index contributed by atoms with van der Waals surface area (Å²) in [5.74, 6) is 0.00756. The SMILES string of the molecule is CC(=O)CCCCCCCC/C=C\CCCCCCCC(=O)OCC(O)CO. The van der Waals surface area contributed by atoms with Crippen molar-refractivity contribution in [1.82, 2.24) is 0 Å². The molecule has 28 heavy (non-hydrogen) atoms. The molecule has 0 heterocycles. The molecule has 0 aliphatic carbocycles. The average molecular weight is 399 g/mol. The number of esters is 1. The third-order valence-corrected chi connectivity index (χ3v) is 4.72. The standard InChI is InChI=1S/C23H42O5/c1-21(25)17-15-13-11-9-7-5-3-2-4-6-8-10-12-14-16-18-23(27)28-20-22(26)19-24/h2,4,22,24,26H,3,5-20H2,1H3/b4-2-. The van der Waals surface area contributed by atoms with Crippen LogP contribution in [0.1, 0.15) is 103 Å².